The summed E-state index contributed by atoms with van der Waals surface area (Å²) in [5, 5.41) is 18.1. The second kappa shape index (κ2) is 10.3. The van der Waals surface area contributed by atoms with E-state index in [2.05, 4.69) is 10.2 Å². The summed E-state index contributed by atoms with van der Waals surface area (Å²) in [5.74, 6) is 1.68. The molecule has 0 fully saturated rings. The average molecular weight is 367 g/mol. The molecule has 1 aliphatic heterocycles. The first-order valence-electron chi connectivity index (χ1n) is 7.87. The topological polar surface area (TPSA) is 120 Å². The van der Waals surface area contributed by atoms with Crippen molar-refractivity contribution < 1.29 is 38.7 Å². The maximum absolute atomic E-state index is 9.31. The molecule has 0 radical (unpaired) electrons. The lowest BCUT2D eigenvalue weighted by atomic mass is 10.2. The van der Waals surface area contributed by atoms with Gasteiger partial charge in [-0.1, -0.05) is 6.07 Å². The van der Waals surface area contributed by atoms with Gasteiger partial charge in [0, 0.05) is 6.42 Å². The van der Waals surface area contributed by atoms with Crippen LogP contribution in [0.25, 0.3) is 0 Å². The number of aliphatic carboxylic acids is 1. The molecule has 0 saturated heterocycles. The summed E-state index contributed by atoms with van der Waals surface area (Å²) in [7, 11) is 1.91. The Morgan fingerprint density at radius 3 is 2.77 bits per heavy atom. The van der Waals surface area contributed by atoms with E-state index in [0.717, 1.165) is 18.7 Å². The van der Waals surface area contributed by atoms with E-state index in [1.807, 2.05) is 37.4 Å². The van der Waals surface area contributed by atoms with Crippen molar-refractivity contribution in [2.75, 3.05) is 27.0 Å². The van der Waals surface area contributed by atoms with Gasteiger partial charge in [-0.15, -0.1) is 0 Å². The molecular weight excluding hydrogens is 346 g/mol. The quantitative estimate of drug-likeness (QED) is 0.477. The first-order valence-corrected chi connectivity index (χ1v) is 7.87. The van der Waals surface area contributed by atoms with Crippen molar-refractivity contribution in [2.24, 2.45) is 0 Å². The van der Waals surface area contributed by atoms with E-state index in [0.29, 0.717) is 17.2 Å². The zero-order chi connectivity index (χ0) is 18.8. The molecule has 0 bridgehead atoms. The highest BCUT2D eigenvalue weighted by molar-refractivity contribution is 5.67. The molecule has 9 heteroatoms. The number of carbonyl (C=O) groups is 1. The summed E-state index contributed by atoms with van der Waals surface area (Å²) in [6, 6.07) is 9.41. The summed E-state index contributed by atoms with van der Waals surface area (Å²) in [5.41, 5.74) is 0. The lowest BCUT2D eigenvalue weighted by molar-refractivity contribution is -0.243. The Morgan fingerprint density at radius 1 is 1.31 bits per heavy atom. The second-order valence-corrected chi connectivity index (χ2v) is 5.17. The number of rotatable bonds is 8. The van der Waals surface area contributed by atoms with E-state index >= 15 is 0 Å². The second-order valence-electron chi connectivity index (χ2n) is 5.17. The number of hydrogen-bond donors (Lipinski definition) is 3. The number of furan rings is 1. The lowest BCUT2D eigenvalue weighted by Gasteiger charge is -2.18. The summed E-state index contributed by atoms with van der Waals surface area (Å²) in [6.45, 7) is 0.412. The van der Waals surface area contributed by atoms with E-state index in [-0.39, 0.29) is 12.9 Å². The molecule has 26 heavy (non-hydrogen) atoms. The van der Waals surface area contributed by atoms with Gasteiger partial charge < -0.3 is 29.1 Å². The average Bonchev–Trinajstić information content (AvgIpc) is 3.30. The predicted octanol–water partition coefficient (Wildman–Crippen LogP) is 2.30. The standard InChI is InChI=1S/C15H17NO4.C2H4O4/c1-16-8-7-12(11-6-3-9-17-11)20-14-5-2-4-13-15(14)19-10-18-13;3-2(4)1-6-5/h2-6,9,12,16H,7-8,10H2,1H3;5H,1H2,(H,3,4). The fourth-order valence-corrected chi connectivity index (χ4v) is 2.21. The SMILES string of the molecule is CNCCC(Oc1cccc2c1OCO2)c1ccco1.O=C(O)COO. The van der Waals surface area contributed by atoms with Crippen LogP contribution in [0, 0.1) is 0 Å². The lowest BCUT2D eigenvalue weighted by Crippen LogP contribution is -2.16. The van der Waals surface area contributed by atoms with Crippen molar-refractivity contribution in [3.05, 3.63) is 42.4 Å². The third-order valence-electron chi connectivity index (χ3n) is 3.33. The Hall–Kier alpha value is -2.75. The first-order chi connectivity index (χ1) is 12.7. The highest BCUT2D eigenvalue weighted by Crippen LogP contribution is 2.42. The largest absolute Gasteiger partial charge is 0.479 e. The van der Waals surface area contributed by atoms with Gasteiger partial charge in [0.05, 0.1) is 6.26 Å². The molecule has 142 valence electrons. The molecule has 0 saturated carbocycles. The fraction of sp³-hybridized carbons (Fsp3) is 0.353. The molecule has 0 spiro atoms. The van der Waals surface area contributed by atoms with Crippen molar-refractivity contribution in [3.8, 4) is 17.2 Å². The molecular formula is C17H21NO8. The minimum absolute atomic E-state index is 0.159. The molecule has 2 heterocycles. The summed E-state index contributed by atoms with van der Waals surface area (Å²) >= 11 is 0. The number of para-hydroxylation sites is 1. The van der Waals surface area contributed by atoms with Crippen molar-refractivity contribution in [1.82, 2.24) is 5.32 Å². The smallest absolute Gasteiger partial charge is 0.333 e. The van der Waals surface area contributed by atoms with Crippen molar-refractivity contribution >= 4 is 5.97 Å². The van der Waals surface area contributed by atoms with E-state index in [4.69, 9.17) is 29.0 Å². The number of benzene rings is 1. The van der Waals surface area contributed by atoms with Crippen molar-refractivity contribution in [1.29, 1.82) is 0 Å². The monoisotopic (exact) mass is 367 g/mol. The van der Waals surface area contributed by atoms with E-state index in [9.17, 15) is 4.79 Å². The molecule has 1 aromatic carbocycles. The van der Waals surface area contributed by atoms with Crippen molar-refractivity contribution in [3.63, 3.8) is 0 Å². The minimum atomic E-state index is -1.18. The molecule has 0 amide bonds. The number of ether oxygens (including phenoxy) is 3. The van der Waals surface area contributed by atoms with Crippen LogP contribution in [-0.2, 0) is 9.68 Å². The van der Waals surface area contributed by atoms with Crippen LogP contribution in [0.2, 0.25) is 0 Å². The van der Waals surface area contributed by atoms with Gasteiger partial charge in [0.25, 0.3) is 0 Å². The third-order valence-corrected chi connectivity index (χ3v) is 3.33. The van der Waals surface area contributed by atoms with Gasteiger partial charge in [-0.25, -0.2) is 9.68 Å². The molecule has 1 aliphatic rings. The van der Waals surface area contributed by atoms with E-state index in [1.165, 1.54) is 0 Å². The van der Waals surface area contributed by atoms with Gasteiger partial charge in [-0.3, -0.25) is 5.26 Å². The van der Waals surface area contributed by atoms with Crippen LogP contribution in [0.3, 0.4) is 0 Å². The summed E-state index contributed by atoms with van der Waals surface area (Å²) in [6.07, 6.45) is 2.29. The number of carboxylic acid groups (broad SMARTS) is 1. The Kier molecular flexibility index (Phi) is 7.75. The predicted molar refractivity (Wildman–Crippen MR) is 89.4 cm³/mol. The number of nitrogens with one attached hydrogen (secondary N) is 1. The molecule has 1 aromatic heterocycles. The maximum Gasteiger partial charge on any atom is 0.333 e. The van der Waals surface area contributed by atoms with Gasteiger partial charge in [0.2, 0.25) is 12.5 Å². The fourth-order valence-electron chi connectivity index (χ4n) is 2.21. The maximum atomic E-state index is 9.31. The summed E-state index contributed by atoms with van der Waals surface area (Å²) < 4.78 is 22.3. The number of carboxylic acids is 1. The van der Waals surface area contributed by atoms with Crippen LogP contribution in [0.5, 0.6) is 17.2 Å². The van der Waals surface area contributed by atoms with Gasteiger partial charge >= 0.3 is 5.97 Å². The molecule has 1 atom stereocenters. The van der Waals surface area contributed by atoms with Crippen LogP contribution < -0.4 is 19.5 Å². The molecule has 3 N–H and O–H groups in total. The summed E-state index contributed by atoms with van der Waals surface area (Å²) in [4.78, 5) is 12.5. The van der Waals surface area contributed by atoms with Gasteiger partial charge in [-0.2, -0.15) is 0 Å². The molecule has 2 aromatic rings. The Balaban J connectivity index is 0.000000352. The van der Waals surface area contributed by atoms with Crippen LogP contribution in [0.15, 0.2) is 41.0 Å². The van der Waals surface area contributed by atoms with Crippen molar-refractivity contribution in [2.45, 2.75) is 12.5 Å². The molecule has 0 aliphatic carbocycles. The zero-order valence-electron chi connectivity index (χ0n) is 14.2. The van der Waals surface area contributed by atoms with E-state index in [1.54, 1.807) is 6.26 Å². The zero-order valence-corrected chi connectivity index (χ0v) is 14.2. The molecule has 3 rings (SSSR count). The highest BCUT2D eigenvalue weighted by Gasteiger charge is 2.23. The van der Waals surface area contributed by atoms with E-state index < -0.39 is 12.6 Å². The van der Waals surface area contributed by atoms with Gasteiger partial charge in [-0.05, 0) is 37.9 Å². The van der Waals surface area contributed by atoms with Gasteiger partial charge in [0.15, 0.2) is 24.2 Å². The Morgan fingerprint density at radius 2 is 2.15 bits per heavy atom. The Labute approximate surface area is 150 Å². The molecule has 1 unspecified atom stereocenters. The Bertz CT molecular complexity index is 673. The number of fused-ring (bicyclic) bond motifs is 1. The number of hydrogen-bond acceptors (Lipinski definition) is 8. The first kappa shape index (κ1) is 19.6. The minimum Gasteiger partial charge on any atom is -0.479 e. The van der Waals surface area contributed by atoms with Gasteiger partial charge in [0.1, 0.15) is 5.76 Å². The third kappa shape index (κ3) is 5.66. The highest BCUT2D eigenvalue weighted by atomic mass is 17.1. The van der Waals surface area contributed by atoms with Crippen LogP contribution >= 0.6 is 0 Å². The van der Waals surface area contributed by atoms with Crippen LogP contribution in [0.1, 0.15) is 18.3 Å². The normalized spacial score (nSPS) is 12.8. The molecule has 9 nitrogen and oxygen atoms in total. The van der Waals surface area contributed by atoms with Crippen LogP contribution in [0.4, 0.5) is 0 Å². The van der Waals surface area contributed by atoms with Crippen LogP contribution in [-0.4, -0.2) is 43.3 Å².